The van der Waals surface area contributed by atoms with Crippen LogP contribution >= 0.6 is 15.6 Å². The first-order chi connectivity index (χ1) is 43.9. The number of carbonyl (C=O) groups excluding carboxylic acids is 4. The lowest BCUT2D eigenvalue weighted by Crippen LogP contribution is -2.30. The number of carbonyl (C=O) groups is 4. The molecular formula is C72H140O17P2. The summed E-state index contributed by atoms with van der Waals surface area (Å²) in [6.07, 6.45) is 50.3. The molecule has 0 radical (unpaired) electrons. The molecule has 3 N–H and O–H groups in total. The molecule has 0 aromatic rings. The fourth-order valence-electron chi connectivity index (χ4n) is 10.9. The van der Waals surface area contributed by atoms with E-state index in [2.05, 4.69) is 41.5 Å². The van der Waals surface area contributed by atoms with Crippen molar-refractivity contribution in [2.24, 2.45) is 11.8 Å². The Morgan fingerprint density at radius 3 is 0.747 bits per heavy atom. The SMILES string of the molecule is CCCCCCCCCCCCCCCCCCC(=O)O[C@H](COC(=O)CCCCCCCCCCCCCCC(C)C)COP(=O)(O)OC[C@@H](O)COP(=O)(O)OC[C@@H](COC(=O)CCCCCCC)OC(=O)CCCCCCCCCCCCCCC(C)C. The van der Waals surface area contributed by atoms with Crippen LogP contribution in [0.2, 0.25) is 0 Å². The number of rotatable bonds is 71. The second-order valence-electron chi connectivity index (χ2n) is 26.9. The van der Waals surface area contributed by atoms with E-state index < -0.39 is 97.5 Å². The van der Waals surface area contributed by atoms with Crippen LogP contribution in [0, 0.1) is 11.8 Å². The van der Waals surface area contributed by atoms with Crippen LogP contribution in [-0.2, 0) is 65.4 Å². The number of aliphatic hydroxyl groups excluding tert-OH is 1. The largest absolute Gasteiger partial charge is 0.472 e. The van der Waals surface area contributed by atoms with Crippen LogP contribution in [0.4, 0.5) is 0 Å². The summed E-state index contributed by atoms with van der Waals surface area (Å²) in [5, 5.41) is 10.6. The van der Waals surface area contributed by atoms with Crippen molar-refractivity contribution in [1.82, 2.24) is 0 Å². The monoisotopic (exact) mass is 1340 g/mol. The average Bonchev–Trinajstić information content (AvgIpc) is 3.21. The summed E-state index contributed by atoms with van der Waals surface area (Å²) in [6, 6.07) is 0. The Hall–Kier alpha value is -1.94. The summed E-state index contributed by atoms with van der Waals surface area (Å²) in [6.45, 7) is 9.50. The van der Waals surface area contributed by atoms with E-state index in [1.54, 1.807) is 0 Å². The summed E-state index contributed by atoms with van der Waals surface area (Å²) >= 11 is 0. The number of unbranched alkanes of at least 4 members (excludes halogenated alkanes) is 41. The average molecular weight is 1340 g/mol. The van der Waals surface area contributed by atoms with Crippen molar-refractivity contribution in [2.45, 2.75) is 387 Å². The van der Waals surface area contributed by atoms with Gasteiger partial charge in [0.05, 0.1) is 26.4 Å². The Morgan fingerprint density at radius 2 is 0.505 bits per heavy atom. The highest BCUT2D eigenvalue weighted by Gasteiger charge is 2.30. The lowest BCUT2D eigenvalue weighted by molar-refractivity contribution is -0.161. The standard InChI is InChI=1S/C72H140O17P2/c1-7-9-11-13-14-15-16-17-18-19-20-28-33-38-44-50-57-72(77)89-68(61-83-70(75)55-49-43-37-32-27-23-21-25-30-35-41-46-52-64(3)4)63-87-91(80,81)85-59-66(73)58-84-90(78,79)86-62-67(60-82-69(74)54-48-40-12-10-8-2)88-71(76)56-51-45-39-34-29-24-22-26-31-36-42-47-53-65(5)6/h64-68,73H,7-63H2,1-6H3,(H,78,79)(H,80,81)/t66-,67+,68+/m0/s1. The molecule has 19 heteroatoms. The van der Waals surface area contributed by atoms with Crippen molar-refractivity contribution in [2.75, 3.05) is 39.6 Å². The van der Waals surface area contributed by atoms with Gasteiger partial charge in [0, 0.05) is 25.7 Å². The van der Waals surface area contributed by atoms with Crippen LogP contribution in [0.15, 0.2) is 0 Å². The Balaban J connectivity index is 5.15. The number of phosphoric acid groups is 2. The molecule has 0 spiro atoms. The second-order valence-corrected chi connectivity index (χ2v) is 29.8. The molecule has 0 amide bonds. The normalized spacial score (nSPS) is 14.1. The molecule has 91 heavy (non-hydrogen) atoms. The molecule has 0 saturated carbocycles. The molecule has 0 aromatic carbocycles. The minimum atomic E-state index is -4.95. The van der Waals surface area contributed by atoms with Crippen molar-refractivity contribution >= 4 is 39.5 Å². The maximum atomic E-state index is 13.0. The third-order valence-electron chi connectivity index (χ3n) is 16.7. The zero-order valence-corrected chi connectivity index (χ0v) is 60.9. The van der Waals surface area contributed by atoms with Crippen LogP contribution < -0.4 is 0 Å². The summed E-state index contributed by atoms with van der Waals surface area (Å²) in [5.74, 6) is -0.572. The van der Waals surface area contributed by atoms with E-state index in [0.29, 0.717) is 25.7 Å². The quantitative estimate of drug-likeness (QED) is 0.0222. The van der Waals surface area contributed by atoms with Crippen molar-refractivity contribution in [1.29, 1.82) is 0 Å². The third kappa shape index (κ3) is 66.5. The van der Waals surface area contributed by atoms with Crippen LogP contribution in [0.1, 0.15) is 369 Å². The zero-order chi connectivity index (χ0) is 67.2. The van der Waals surface area contributed by atoms with Crippen LogP contribution in [0.3, 0.4) is 0 Å². The minimum absolute atomic E-state index is 0.106. The van der Waals surface area contributed by atoms with E-state index in [4.69, 9.17) is 37.0 Å². The fraction of sp³-hybridized carbons (Fsp3) is 0.944. The van der Waals surface area contributed by atoms with Crippen molar-refractivity contribution in [3.8, 4) is 0 Å². The maximum Gasteiger partial charge on any atom is 0.472 e. The fourth-order valence-corrected chi connectivity index (χ4v) is 12.5. The van der Waals surface area contributed by atoms with Crippen LogP contribution in [-0.4, -0.2) is 96.7 Å². The van der Waals surface area contributed by atoms with Gasteiger partial charge >= 0.3 is 39.5 Å². The smallest absolute Gasteiger partial charge is 0.462 e. The van der Waals surface area contributed by atoms with Gasteiger partial charge in [0.1, 0.15) is 19.3 Å². The topological polar surface area (TPSA) is 237 Å². The Kier molecular flexibility index (Phi) is 62.7. The van der Waals surface area contributed by atoms with Gasteiger partial charge in [0.25, 0.3) is 0 Å². The highest BCUT2D eigenvalue weighted by molar-refractivity contribution is 7.47. The number of hydrogen-bond acceptors (Lipinski definition) is 15. The summed E-state index contributed by atoms with van der Waals surface area (Å²) in [4.78, 5) is 72.4. The predicted molar refractivity (Wildman–Crippen MR) is 368 cm³/mol. The van der Waals surface area contributed by atoms with E-state index in [9.17, 15) is 43.2 Å². The van der Waals surface area contributed by atoms with Gasteiger partial charge in [-0.2, -0.15) is 0 Å². The molecule has 5 atom stereocenters. The molecule has 17 nitrogen and oxygen atoms in total. The van der Waals surface area contributed by atoms with Crippen molar-refractivity contribution in [3.63, 3.8) is 0 Å². The van der Waals surface area contributed by atoms with Crippen LogP contribution in [0.5, 0.6) is 0 Å². The number of aliphatic hydroxyl groups is 1. The van der Waals surface area contributed by atoms with Crippen LogP contribution in [0.25, 0.3) is 0 Å². The molecule has 0 fully saturated rings. The number of phosphoric ester groups is 2. The maximum absolute atomic E-state index is 13.0. The Bertz CT molecular complexity index is 1770. The number of esters is 4. The highest BCUT2D eigenvalue weighted by Crippen LogP contribution is 2.45. The predicted octanol–water partition coefficient (Wildman–Crippen LogP) is 20.8. The van der Waals surface area contributed by atoms with Gasteiger partial charge in [-0.05, 0) is 37.5 Å². The summed E-state index contributed by atoms with van der Waals surface area (Å²) in [7, 11) is -9.90. The van der Waals surface area contributed by atoms with Crippen molar-refractivity contribution in [3.05, 3.63) is 0 Å². The molecule has 0 aliphatic rings. The molecule has 0 heterocycles. The molecule has 0 aliphatic carbocycles. The molecule has 0 aromatic heterocycles. The van der Waals surface area contributed by atoms with Crippen molar-refractivity contribution < 1.29 is 80.2 Å². The zero-order valence-electron chi connectivity index (χ0n) is 59.1. The van der Waals surface area contributed by atoms with Gasteiger partial charge in [-0.25, -0.2) is 9.13 Å². The van der Waals surface area contributed by atoms with E-state index in [1.165, 1.54) is 180 Å². The van der Waals surface area contributed by atoms with Gasteiger partial charge < -0.3 is 33.8 Å². The van der Waals surface area contributed by atoms with Gasteiger partial charge in [-0.3, -0.25) is 37.3 Å². The summed E-state index contributed by atoms with van der Waals surface area (Å²) < 4.78 is 68.2. The molecule has 0 rings (SSSR count). The van der Waals surface area contributed by atoms with E-state index in [1.807, 2.05) is 0 Å². The van der Waals surface area contributed by atoms with E-state index in [-0.39, 0.29) is 25.7 Å². The Labute approximate surface area is 556 Å². The Morgan fingerprint density at radius 1 is 0.297 bits per heavy atom. The first-order valence-electron chi connectivity index (χ1n) is 37.5. The second kappa shape index (κ2) is 64.1. The lowest BCUT2D eigenvalue weighted by Gasteiger charge is -2.21. The van der Waals surface area contributed by atoms with E-state index in [0.717, 1.165) is 108 Å². The number of ether oxygens (including phenoxy) is 4. The van der Waals surface area contributed by atoms with Gasteiger partial charge in [0.15, 0.2) is 12.2 Å². The summed E-state index contributed by atoms with van der Waals surface area (Å²) in [5.41, 5.74) is 0. The highest BCUT2D eigenvalue weighted by atomic mass is 31.2. The molecular weight excluding hydrogens is 1200 g/mol. The molecule has 540 valence electrons. The first kappa shape index (κ1) is 89.1. The number of hydrogen-bond donors (Lipinski definition) is 3. The lowest BCUT2D eigenvalue weighted by atomic mass is 10.0. The van der Waals surface area contributed by atoms with Gasteiger partial charge in [-0.1, -0.05) is 318 Å². The third-order valence-corrected chi connectivity index (χ3v) is 18.6. The molecule has 0 bridgehead atoms. The van der Waals surface area contributed by atoms with Gasteiger partial charge in [0.2, 0.25) is 0 Å². The van der Waals surface area contributed by atoms with Gasteiger partial charge in [-0.15, -0.1) is 0 Å². The molecule has 0 aliphatic heterocycles. The molecule has 0 saturated heterocycles. The van der Waals surface area contributed by atoms with E-state index >= 15 is 0 Å². The minimum Gasteiger partial charge on any atom is -0.462 e. The molecule has 2 unspecified atom stereocenters. The first-order valence-corrected chi connectivity index (χ1v) is 40.5.